The Hall–Kier alpha value is -2.89. The van der Waals surface area contributed by atoms with Crippen molar-refractivity contribution in [2.24, 2.45) is 0 Å². The SMILES string of the molecule is COc1ccc2c(c1)[C@]1(CCN(C(=O)c3ccc(F)cc3)C1)C(=O)N2C. The Morgan fingerprint density at radius 2 is 1.92 bits per heavy atom. The second-order valence-corrected chi connectivity index (χ2v) is 6.81. The first-order valence-corrected chi connectivity index (χ1v) is 8.48. The van der Waals surface area contributed by atoms with Crippen LogP contribution in [0.3, 0.4) is 0 Å². The first-order chi connectivity index (χ1) is 12.5. The van der Waals surface area contributed by atoms with Crippen LogP contribution in [0.25, 0.3) is 0 Å². The molecule has 2 aromatic carbocycles. The minimum absolute atomic E-state index is 0.00448. The van der Waals surface area contributed by atoms with Gasteiger partial charge in [0.1, 0.15) is 11.6 Å². The van der Waals surface area contributed by atoms with Crippen molar-refractivity contribution < 1.29 is 18.7 Å². The molecule has 0 bridgehead atoms. The second kappa shape index (κ2) is 5.83. The highest BCUT2D eigenvalue weighted by Gasteiger charge is 2.54. The van der Waals surface area contributed by atoms with E-state index in [4.69, 9.17) is 4.74 Å². The summed E-state index contributed by atoms with van der Waals surface area (Å²) in [4.78, 5) is 29.1. The lowest BCUT2D eigenvalue weighted by Crippen LogP contribution is -2.42. The number of nitrogens with zero attached hydrogens (tertiary/aromatic N) is 2. The summed E-state index contributed by atoms with van der Waals surface area (Å²) in [7, 11) is 3.35. The van der Waals surface area contributed by atoms with Gasteiger partial charge in [-0.1, -0.05) is 0 Å². The molecule has 0 aliphatic carbocycles. The maximum absolute atomic E-state index is 13.1. The van der Waals surface area contributed by atoms with Crippen LogP contribution in [0, 0.1) is 5.82 Å². The molecule has 2 aliphatic heterocycles. The van der Waals surface area contributed by atoms with Crippen LogP contribution in [0.1, 0.15) is 22.3 Å². The average Bonchev–Trinajstić information content (AvgIpc) is 3.19. The zero-order chi connectivity index (χ0) is 18.5. The largest absolute Gasteiger partial charge is 0.497 e. The molecule has 1 saturated heterocycles. The van der Waals surface area contributed by atoms with Gasteiger partial charge in [-0.2, -0.15) is 0 Å². The molecular weight excluding hydrogens is 335 g/mol. The minimum atomic E-state index is -0.742. The fourth-order valence-corrected chi connectivity index (χ4v) is 4.02. The smallest absolute Gasteiger partial charge is 0.253 e. The molecule has 0 radical (unpaired) electrons. The highest BCUT2D eigenvalue weighted by atomic mass is 19.1. The fraction of sp³-hybridized carbons (Fsp3) is 0.300. The Balaban J connectivity index is 1.68. The van der Waals surface area contributed by atoms with Crippen LogP contribution in [-0.4, -0.2) is 44.0 Å². The lowest BCUT2D eigenvalue weighted by atomic mass is 9.81. The number of methoxy groups -OCH3 is 1. The predicted molar refractivity (Wildman–Crippen MR) is 95.0 cm³/mol. The van der Waals surface area contributed by atoms with Crippen molar-refractivity contribution in [1.82, 2.24) is 4.90 Å². The molecule has 2 aliphatic rings. The maximum atomic E-state index is 13.1. The molecule has 2 aromatic rings. The third-order valence-corrected chi connectivity index (χ3v) is 5.44. The van der Waals surface area contributed by atoms with Gasteiger partial charge in [0, 0.05) is 31.4 Å². The standard InChI is InChI=1S/C20H19FN2O3/c1-22-17-8-7-15(26-2)11-16(17)20(19(22)25)9-10-23(12-20)18(24)13-3-5-14(21)6-4-13/h3-8,11H,9-10,12H2,1-2H3/t20-/m1/s1. The van der Waals surface area contributed by atoms with Crippen molar-refractivity contribution in [3.8, 4) is 5.75 Å². The first-order valence-electron chi connectivity index (χ1n) is 8.48. The number of hydrogen-bond donors (Lipinski definition) is 0. The quantitative estimate of drug-likeness (QED) is 0.833. The van der Waals surface area contributed by atoms with Gasteiger partial charge < -0.3 is 14.5 Å². The van der Waals surface area contributed by atoms with Gasteiger partial charge in [0.2, 0.25) is 5.91 Å². The Morgan fingerprint density at radius 1 is 1.19 bits per heavy atom. The molecule has 0 aromatic heterocycles. The number of likely N-dealkylation sites (tertiary alicyclic amines) is 1. The van der Waals surface area contributed by atoms with Gasteiger partial charge >= 0.3 is 0 Å². The van der Waals surface area contributed by atoms with Gasteiger partial charge in [0.25, 0.3) is 5.91 Å². The summed E-state index contributed by atoms with van der Waals surface area (Å²) in [6.45, 7) is 0.791. The molecule has 4 rings (SSSR count). The third kappa shape index (κ3) is 2.29. The Labute approximate surface area is 151 Å². The number of amides is 2. The van der Waals surface area contributed by atoms with Crippen molar-refractivity contribution >= 4 is 17.5 Å². The molecule has 0 N–H and O–H groups in total. The monoisotopic (exact) mass is 354 g/mol. The number of halogens is 1. The number of ether oxygens (including phenoxy) is 1. The summed E-state index contributed by atoms with van der Waals surface area (Å²) in [6, 6.07) is 11.1. The molecule has 2 amide bonds. The molecule has 26 heavy (non-hydrogen) atoms. The van der Waals surface area contributed by atoms with Crippen molar-refractivity contribution in [1.29, 1.82) is 0 Å². The maximum Gasteiger partial charge on any atom is 0.253 e. The van der Waals surface area contributed by atoms with E-state index in [1.807, 2.05) is 18.2 Å². The van der Waals surface area contributed by atoms with Gasteiger partial charge in [-0.15, -0.1) is 0 Å². The average molecular weight is 354 g/mol. The van der Waals surface area contributed by atoms with Crippen LogP contribution in [-0.2, 0) is 10.2 Å². The van der Waals surface area contributed by atoms with Crippen LogP contribution in [0.5, 0.6) is 5.75 Å². The highest BCUT2D eigenvalue weighted by Crippen LogP contribution is 2.48. The predicted octanol–water partition coefficient (Wildman–Crippen LogP) is 2.59. The van der Waals surface area contributed by atoms with E-state index in [2.05, 4.69) is 0 Å². The lowest BCUT2D eigenvalue weighted by molar-refractivity contribution is -0.122. The fourth-order valence-electron chi connectivity index (χ4n) is 4.02. The number of benzene rings is 2. The van der Waals surface area contributed by atoms with E-state index < -0.39 is 5.41 Å². The van der Waals surface area contributed by atoms with E-state index in [0.717, 1.165) is 11.3 Å². The molecule has 1 atom stereocenters. The molecule has 5 nitrogen and oxygen atoms in total. The van der Waals surface area contributed by atoms with E-state index in [1.54, 1.807) is 24.0 Å². The Morgan fingerprint density at radius 3 is 2.62 bits per heavy atom. The zero-order valence-corrected chi connectivity index (χ0v) is 14.7. The van der Waals surface area contributed by atoms with Gasteiger partial charge in [0.15, 0.2) is 0 Å². The van der Waals surface area contributed by atoms with Crippen LogP contribution in [0.4, 0.5) is 10.1 Å². The number of anilines is 1. The number of carbonyl (C=O) groups excluding carboxylic acids is 2. The first kappa shape index (κ1) is 16.6. The van der Waals surface area contributed by atoms with E-state index in [1.165, 1.54) is 24.3 Å². The summed E-state index contributed by atoms with van der Waals surface area (Å²) >= 11 is 0. The third-order valence-electron chi connectivity index (χ3n) is 5.44. The van der Waals surface area contributed by atoms with E-state index in [0.29, 0.717) is 30.8 Å². The molecule has 134 valence electrons. The van der Waals surface area contributed by atoms with Crippen molar-refractivity contribution in [2.75, 3.05) is 32.1 Å². The van der Waals surface area contributed by atoms with E-state index in [9.17, 15) is 14.0 Å². The summed E-state index contributed by atoms with van der Waals surface area (Å²) in [5.41, 5.74) is 1.44. The minimum Gasteiger partial charge on any atom is -0.497 e. The summed E-state index contributed by atoms with van der Waals surface area (Å²) in [5.74, 6) is 0.117. The molecule has 0 unspecified atom stereocenters. The lowest BCUT2D eigenvalue weighted by Gasteiger charge is -2.23. The molecule has 2 heterocycles. The van der Waals surface area contributed by atoms with Crippen molar-refractivity contribution in [3.63, 3.8) is 0 Å². The zero-order valence-electron chi connectivity index (χ0n) is 14.7. The van der Waals surface area contributed by atoms with Gasteiger partial charge in [-0.25, -0.2) is 4.39 Å². The molecule has 6 heteroatoms. The van der Waals surface area contributed by atoms with Crippen LogP contribution < -0.4 is 9.64 Å². The normalized spacial score (nSPS) is 21.4. The van der Waals surface area contributed by atoms with Crippen LogP contribution in [0.2, 0.25) is 0 Å². The number of fused-ring (bicyclic) bond motifs is 2. The van der Waals surface area contributed by atoms with Gasteiger partial charge in [-0.05, 0) is 54.4 Å². The summed E-state index contributed by atoms with van der Waals surface area (Å²) < 4.78 is 18.4. The number of likely N-dealkylation sites (N-methyl/N-ethyl adjacent to an activating group) is 1. The number of carbonyl (C=O) groups is 2. The van der Waals surface area contributed by atoms with Gasteiger partial charge in [-0.3, -0.25) is 9.59 Å². The molecule has 1 fully saturated rings. The van der Waals surface area contributed by atoms with Crippen molar-refractivity contribution in [3.05, 3.63) is 59.4 Å². The molecular formula is C20H19FN2O3. The van der Waals surface area contributed by atoms with E-state index >= 15 is 0 Å². The summed E-state index contributed by atoms with van der Waals surface area (Å²) in [6.07, 6.45) is 0.559. The second-order valence-electron chi connectivity index (χ2n) is 6.81. The topological polar surface area (TPSA) is 49.9 Å². The van der Waals surface area contributed by atoms with E-state index in [-0.39, 0.29) is 17.6 Å². The number of hydrogen-bond acceptors (Lipinski definition) is 3. The molecule has 1 spiro atoms. The van der Waals surface area contributed by atoms with Gasteiger partial charge in [0.05, 0.1) is 12.5 Å². The van der Waals surface area contributed by atoms with Crippen LogP contribution in [0.15, 0.2) is 42.5 Å². The Kier molecular flexibility index (Phi) is 3.72. The highest BCUT2D eigenvalue weighted by molar-refractivity contribution is 6.09. The van der Waals surface area contributed by atoms with Crippen LogP contribution >= 0.6 is 0 Å². The summed E-state index contributed by atoms with van der Waals surface area (Å²) in [5, 5.41) is 0. The number of rotatable bonds is 2. The Bertz CT molecular complexity index is 896. The molecule has 0 saturated carbocycles. The van der Waals surface area contributed by atoms with Crippen molar-refractivity contribution in [2.45, 2.75) is 11.8 Å².